The summed E-state index contributed by atoms with van der Waals surface area (Å²) in [7, 11) is 0. The number of hydrogen-bond donors (Lipinski definition) is 4. The molecule has 0 unspecified atom stereocenters. The maximum Gasteiger partial charge on any atom is 0.319 e. The predicted octanol–water partition coefficient (Wildman–Crippen LogP) is 1.70. The highest BCUT2D eigenvalue weighted by Gasteiger charge is 2.03. The van der Waals surface area contributed by atoms with Crippen molar-refractivity contribution in [3.63, 3.8) is 0 Å². The number of nitrogens with two attached hydrogens (primary N) is 1. The monoisotopic (exact) mass is 250 g/mol. The van der Waals surface area contributed by atoms with E-state index in [1.54, 1.807) is 24.3 Å². The van der Waals surface area contributed by atoms with E-state index >= 15 is 0 Å². The number of oxime groups is 1. The van der Waals surface area contributed by atoms with Crippen molar-refractivity contribution >= 4 is 17.6 Å². The van der Waals surface area contributed by atoms with Gasteiger partial charge in [0.05, 0.1) is 0 Å². The Morgan fingerprint density at radius 2 is 2.28 bits per heavy atom. The fourth-order valence-electron chi connectivity index (χ4n) is 1.37. The van der Waals surface area contributed by atoms with Crippen LogP contribution in [0.4, 0.5) is 10.5 Å². The molecule has 0 aromatic heterocycles. The van der Waals surface area contributed by atoms with Crippen molar-refractivity contribution in [2.24, 2.45) is 10.9 Å². The number of rotatable bonds is 5. The maximum absolute atomic E-state index is 11.5. The van der Waals surface area contributed by atoms with Gasteiger partial charge in [-0.2, -0.15) is 0 Å². The standard InChI is InChI=1S/C12H18N4O2/c1-2-3-7-14-12(17)15-10-6-4-5-9(8-10)11(13)16-18/h4-6,8,18H,2-3,7H2,1H3,(H2,13,16)(H2,14,15,17). The molecule has 6 heteroatoms. The van der Waals surface area contributed by atoms with Crippen molar-refractivity contribution < 1.29 is 10.0 Å². The molecule has 0 fully saturated rings. The van der Waals surface area contributed by atoms with Crippen LogP contribution < -0.4 is 16.4 Å². The number of unbranched alkanes of at least 4 members (excludes halogenated alkanes) is 1. The van der Waals surface area contributed by atoms with Crippen LogP contribution in [0.3, 0.4) is 0 Å². The highest BCUT2D eigenvalue weighted by molar-refractivity contribution is 5.99. The molecular formula is C12H18N4O2. The molecule has 1 rings (SSSR count). The number of amidine groups is 1. The van der Waals surface area contributed by atoms with Gasteiger partial charge < -0.3 is 21.6 Å². The van der Waals surface area contributed by atoms with E-state index in [1.807, 2.05) is 0 Å². The first kappa shape index (κ1) is 13.8. The van der Waals surface area contributed by atoms with Crippen LogP contribution in [0.15, 0.2) is 29.4 Å². The Hall–Kier alpha value is -2.24. The van der Waals surface area contributed by atoms with E-state index in [-0.39, 0.29) is 11.9 Å². The first-order valence-corrected chi connectivity index (χ1v) is 5.80. The van der Waals surface area contributed by atoms with Crippen molar-refractivity contribution in [3.05, 3.63) is 29.8 Å². The van der Waals surface area contributed by atoms with Crippen molar-refractivity contribution in [2.75, 3.05) is 11.9 Å². The zero-order chi connectivity index (χ0) is 13.4. The van der Waals surface area contributed by atoms with Gasteiger partial charge in [-0.1, -0.05) is 30.6 Å². The third kappa shape index (κ3) is 4.32. The second kappa shape index (κ2) is 7.16. The van der Waals surface area contributed by atoms with Gasteiger partial charge in [0.2, 0.25) is 0 Å². The predicted molar refractivity (Wildman–Crippen MR) is 70.9 cm³/mol. The summed E-state index contributed by atoms with van der Waals surface area (Å²) in [5.41, 5.74) is 6.60. The van der Waals surface area contributed by atoms with E-state index in [1.165, 1.54) is 0 Å². The Labute approximate surface area is 106 Å². The van der Waals surface area contributed by atoms with Crippen LogP contribution >= 0.6 is 0 Å². The Morgan fingerprint density at radius 1 is 1.50 bits per heavy atom. The fourth-order valence-corrected chi connectivity index (χ4v) is 1.37. The smallest absolute Gasteiger partial charge is 0.319 e. The number of urea groups is 1. The molecule has 18 heavy (non-hydrogen) atoms. The summed E-state index contributed by atoms with van der Waals surface area (Å²) in [6, 6.07) is 6.51. The lowest BCUT2D eigenvalue weighted by Gasteiger charge is -2.08. The molecule has 0 spiro atoms. The number of amides is 2. The van der Waals surface area contributed by atoms with Gasteiger partial charge in [0.1, 0.15) is 0 Å². The lowest BCUT2D eigenvalue weighted by atomic mass is 10.2. The van der Waals surface area contributed by atoms with Crippen LogP contribution in [0.1, 0.15) is 25.3 Å². The van der Waals surface area contributed by atoms with E-state index in [4.69, 9.17) is 10.9 Å². The van der Waals surface area contributed by atoms with Crippen molar-refractivity contribution in [2.45, 2.75) is 19.8 Å². The van der Waals surface area contributed by atoms with E-state index in [9.17, 15) is 4.79 Å². The topological polar surface area (TPSA) is 99.7 Å². The van der Waals surface area contributed by atoms with Gasteiger partial charge in [-0.05, 0) is 18.6 Å². The minimum absolute atomic E-state index is 0.00467. The Morgan fingerprint density at radius 3 is 2.94 bits per heavy atom. The molecule has 6 nitrogen and oxygen atoms in total. The molecule has 0 radical (unpaired) electrons. The molecular weight excluding hydrogens is 232 g/mol. The molecule has 98 valence electrons. The van der Waals surface area contributed by atoms with Gasteiger partial charge >= 0.3 is 6.03 Å². The average Bonchev–Trinajstić information content (AvgIpc) is 2.38. The Kier molecular flexibility index (Phi) is 5.50. The third-order valence-corrected chi connectivity index (χ3v) is 2.34. The highest BCUT2D eigenvalue weighted by atomic mass is 16.4. The molecule has 0 saturated carbocycles. The SMILES string of the molecule is CCCCNC(=O)Nc1cccc(/C(N)=N/O)c1. The highest BCUT2D eigenvalue weighted by Crippen LogP contribution is 2.10. The lowest BCUT2D eigenvalue weighted by molar-refractivity contribution is 0.252. The molecule has 0 bridgehead atoms. The van der Waals surface area contributed by atoms with Crippen LogP contribution in [0.5, 0.6) is 0 Å². The number of carbonyl (C=O) groups is 1. The van der Waals surface area contributed by atoms with Gasteiger partial charge in [-0.3, -0.25) is 0 Å². The van der Waals surface area contributed by atoms with Crippen LogP contribution in [-0.2, 0) is 0 Å². The van der Waals surface area contributed by atoms with Gasteiger partial charge in [-0.15, -0.1) is 0 Å². The number of benzene rings is 1. The zero-order valence-corrected chi connectivity index (χ0v) is 10.3. The molecule has 5 N–H and O–H groups in total. The Bertz CT molecular complexity index is 432. The maximum atomic E-state index is 11.5. The van der Waals surface area contributed by atoms with E-state index < -0.39 is 0 Å². The van der Waals surface area contributed by atoms with Gasteiger partial charge in [-0.25, -0.2) is 4.79 Å². The summed E-state index contributed by atoms with van der Waals surface area (Å²) in [4.78, 5) is 11.5. The quantitative estimate of drug-likeness (QED) is 0.210. The molecule has 0 heterocycles. The molecule has 1 aromatic rings. The summed E-state index contributed by atoms with van der Waals surface area (Å²) in [6.45, 7) is 2.70. The summed E-state index contributed by atoms with van der Waals surface area (Å²) in [5.74, 6) is 0.00467. The molecule has 0 saturated heterocycles. The van der Waals surface area contributed by atoms with Crippen LogP contribution in [0.2, 0.25) is 0 Å². The molecule has 0 aliphatic heterocycles. The first-order chi connectivity index (χ1) is 8.67. The van der Waals surface area contributed by atoms with E-state index in [0.717, 1.165) is 12.8 Å². The average molecular weight is 250 g/mol. The van der Waals surface area contributed by atoms with Crippen molar-refractivity contribution in [1.29, 1.82) is 0 Å². The number of anilines is 1. The summed E-state index contributed by atoms with van der Waals surface area (Å²) in [6.07, 6.45) is 1.97. The zero-order valence-electron chi connectivity index (χ0n) is 10.3. The molecule has 1 aromatic carbocycles. The number of hydrogen-bond acceptors (Lipinski definition) is 3. The number of carbonyl (C=O) groups excluding carboxylic acids is 1. The summed E-state index contributed by atoms with van der Waals surface area (Å²) in [5, 5.41) is 16.9. The summed E-state index contributed by atoms with van der Waals surface area (Å²) < 4.78 is 0. The Balaban J connectivity index is 2.59. The van der Waals surface area contributed by atoms with Crippen molar-refractivity contribution in [3.8, 4) is 0 Å². The largest absolute Gasteiger partial charge is 0.409 e. The molecule has 0 aliphatic rings. The first-order valence-electron chi connectivity index (χ1n) is 5.80. The molecule has 2 amide bonds. The second-order valence-corrected chi connectivity index (χ2v) is 3.80. The van der Waals surface area contributed by atoms with Crippen molar-refractivity contribution in [1.82, 2.24) is 5.32 Å². The van der Waals surface area contributed by atoms with E-state index in [2.05, 4.69) is 22.7 Å². The van der Waals surface area contributed by atoms with Gasteiger partial charge in [0.25, 0.3) is 0 Å². The van der Waals surface area contributed by atoms with Crippen LogP contribution in [0, 0.1) is 0 Å². The van der Waals surface area contributed by atoms with E-state index in [0.29, 0.717) is 17.8 Å². The van der Waals surface area contributed by atoms with Gasteiger partial charge in [0, 0.05) is 17.8 Å². The molecule has 0 atom stereocenters. The normalized spacial score (nSPS) is 11.1. The molecule has 0 aliphatic carbocycles. The minimum atomic E-state index is -0.264. The van der Waals surface area contributed by atoms with Crippen LogP contribution in [-0.4, -0.2) is 23.6 Å². The third-order valence-electron chi connectivity index (χ3n) is 2.34. The lowest BCUT2D eigenvalue weighted by Crippen LogP contribution is -2.29. The summed E-state index contributed by atoms with van der Waals surface area (Å²) >= 11 is 0. The number of nitrogens with zero attached hydrogens (tertiary/aromatic N) is 1. The van der Waals surface area contributed by atoms with Gasteiger partial charge in [0.15, 0.2) is 5.84 Å². The minimum Gasteiger partial charge on any atom is -0.409 e. The second-order valence-electron chi connectivity index (χ2n) is 3.80. The van der Waals surface area contributed by atoms with Crippen LogP contribution in [0.25, 0.3) is 0 Å². The fraction of sp³-hybridized carbons (Fsp3) is 0.333. The number of nitrogens with one attached hydrogen (secondary N) is 2.